The largest absolute Gasteiger partial charge is 0.504 e. The van der Waals surface area contributed by atoms with Gasteiger partial charge in [-0.2, -0.15) is 0 Å². The summed E-state index contributed by atoms with van der Waals surface area (Å²) < 4.78 is 0. The second kappa shape index (κ2) is 7.02. The quantitative estimate of drug-likeness (QED) is 0.285. The highest BCUT2D eigenvalue weighted by Gasteiger charge is 1.95. The highest BCUT2D eigenvalue weighted by atomic mass is 16.5. The topological polar surface area (TPSA) is 151 Å². The van der Waals surface area contributed by atoms with Crippen molar-refractivity contribution in [2.75, 3.05) is 6.61 Å². The van der Waals surface area contributed by atoms with Crippen LogP contribution in [-0.2, 0) is 0 Å². The zero-order valence-electron chi connectivity index (χ0n) is 4.91. The summed E-state index contributed by atoms with van der Waals surface area (Å²) in [6, 6.07) is 0. The molecule has 0 saturated carbocycles. The molecule has 9 heavy (non-hydrogen) atoms. The van der Waals surface area contributed by atoms with Crippen LogP contribution >= 0.6 is 0 Å². The predicted octanol–water partition coefficient (Wildman–Crippen LogP) is 0.146. The minimum Gasteiger partial charge on any atom is -0.504 e. The molecule has 0 heterocycles. The molecule has 0 atom stereocenters. The van der Waals surface area contributed by atoms with Crippen molar-refractivity contribution in [2.24, 2.45) is 0 Å². The van der Waals surface area contributed by atoms with Gasteiger partial charge < -0.3 is 32.7 Å². The molecule has 0 saturated heterocycles. The van der Waals surface area contributed by atoms with Gasteiger partial charge >= 0.3 is 5.95 Å². The summed E-state index contributed by atoms with van der Waals surface area (Å²) in [7, 11) is 0. The van der Waals surface area contributed by atoms with Gasteiger partial charge in [-0.3, -0.25) is 0 Å². The fourth-order valence-electron chi connectivity index (χ4n) is 0.0707. The second-order valence-corrected chi connectivity index (χ2v) is 0.928. The van der Waals surface area contributed by atoms with Crippen LogP contribution in [0.15, 0.2) is 11.7 Å². The van der Waals surface area contributed by atoms with E-state index in [1.807, 2.05) is 0 Å². The Labute approximate surface area is 52.2 Å². The minimum absolute atomic E-state index is 0. The number of aliphatic hydroxyl groups is 4. The first-order valence-corrected chi connectivity index (χ1v) is 1.59. The third-order valence-corrected chi connectivity index (χ3v) is 0.408. The molecule has 0 aromatic rings. The molecule has 0 rings (SSSR count). The van der Waals surface area contributed by atoms with Gasteiger partial charge in [0.15, 0.2) is 5.76 Å². The van der Waals surface area contributed by atoms with Crippen LogP contribution in [0.4, 0.5) is 0 Å². The Balaban J connectivity index is -0.000000180. The fourth-order valence-corrected chi connectivity index (χ4v) is 0.0707. The lowest BCUT2D eigenvalue weighted by Crippen LogP contribution is -1.93. The Kier molecular flexibility index (Phi) is 12.2. The van der Waals surface area contributed by atoms with Crippen molar-refractivity contribution in [2.45, 2.75) is 0 Å². The van der Waals surface area contributed by atoms with Crippen LogP contribution in [-0.4, -0.2) is 27.0 Å². The molecule has 0 spiro atoms. The lowest BCUT2D eigenvalue weighted by Gasteiger charge is -1.89. The van der Waals surface area contributed by atoms with E-state index in [4.69, 9.17) is 20.4 Å². The summed E-state index contributed by atoms with van der Waals surface area (Å²) in [5.41, 5.74) is 0. The van der Waals surface area contributed by atoms with Crippen LogP contribution in [0, 0.1) is 0 Å². The molecule has 0 radical (unpaired) electrons. The highest BCUT2D eigenvalue weighted by Crippen LogP contribution is 1.87. The van der Waals surface area contributed by atoms with E-state index >= 15 is 0 Å². The average Bonchev–Trinajstić information content (AvgIpc) is 1.65. The van der Waals surface area contributed by atoms with Gasteiger partial charge in [0.2, 0.25) is 0 Å². The zero-order valence-corrected chi connectivity index (χ0v) is 4.91. The van der Waals surface area contributed by atoms with E-state index < -0.39 is 18.3 Å². The van der Waals surface area contributed by atoms with Gasteiger partial charge in [0.25, 0.3) is 0 Å². The van der Waals surface area contributed by atoms with Crippen molar-refractivity contribution in [1.82, 2.24) is 12.3 Å². The van der Waals surface area contributed by atoms with E-state index in [2.05, 4.69) is 0 Å². The molecule has 0 fully saturated rings. The lowest BCUT2D eigenvalue weighted by atomic mass is 10.6. The molecular weight excluding hydrogens is 128 g/mol. The number of rotatable bonds is 1. The smallest absolute Gasteiger partial charge is 0.316 e. The third kappa shape index (κ3) is 7.02. The van der Waals surface area contributed by atoms with Crippen LogP contribution in [0.5, 0.6) is 0 Å². The Morgan fingerprint density at radius 1 is 1.00 bits per heavy atom. The Bertz CT molecular complexity index is 87.8. The molecule has 0 bridgehead atoms. The molecule has 0 aliphatic rings. The number of hydrogen-bond acceptors (Lipinski definition) is 6. The normalized spacial score (nSPS) is 6.33. The predicted molar refractivity (Wildman–Crippen MR) is 32.0 cm³/mol. The van der Waals surface area contributed by atoms with Crippen molar-refractivity contribution in [3.05, 3.63) is 11.7 Å². The molecule has 6 nitrogen and oxygen atoms in total. The van der Waals surface area contributed by atoms with E-state index in [9.17, 15) is 0 Å². The van der Waals surface area contributed by atoms with Gasteiger partial charge in [0.05, 0.1) is 0 Å². The van der Waals surface area contributed by atoms with Crippen molar-refractivity contribution in [1.29, 1.82) is 0 Å². The molecule has 6 heteroatoms. The molecule has 0 aromatic carbocycles. The molecule has 0 aliphatic carbocycles. The first-order chi connectivity index (χ1) is 3.18. The van der Waals surface area contributed by atoms with Crippen LogP contribution in [0.2, 0.25) is 0 Å². The summed E-state index contributed by atoms with van der Waals surface area (Å²) in [5.74, 6) is -2.05. The summed E-state index contributed by atoms with van der Waals surface area (Å²) in [6.07, 6.45) is 0. The Hall–Kier alpha value is -0.980. The average molecular weight is 140 g/mol. The summed E-state index contributed by atoms with van der Waals surface area (Å²) >= 11 is 0. The molecule has 0 unspecified atom stereocenters. The SMILES string of the molecule is N.N.OCC(O)=C(O)O. The van der Waals surface area contributed by atoms with Gasteiger partial charge in [-0.1, -0.05) is 0 Å². The van der Waals surface area contributed by atoms with E-state index in [0.717, 1.165) is 0 Å². The van der Waals surface area contributed by atoms with Crippen LogP contribution in [0.1, 0.15) is 0 Å². The van der Waals surface area contributed by atoms with Gasteiger partial charge in [0.1, 0.15) is 6.61 Å². The van der Waals surface area contributed by atoms with E-state index in [0.29, 0.717) is 0 Å². The standard InChI is InChI=1S/C3H6O4.2H3N/c4-1-2(5)3(6)7;;/h4-7H,1H2;2*1H3. The maximum absolute atomic E-state index is 8.06. The lowest BCUT2D eigenvalue weighted by molar-refractivity contribution is 0.137. The van der Waals surface area contributed by atoms with Gasteiger partial charge in [0, 0.05) is 0 Å². The van der Waals surface area contributed by atoms with Crippen molar-refractivity contribution in [3.8, 4) is 0 Å². The van der Waals surface area contributed by atoms with Crippen LogP contribution < -0.4 is 12.3 Å². The third-order valence-electron chi connectivity index (χ3n) is 0.408. The molecular formula is C3H12N2O4. The van der Waals surface area contributed by atoms with E-state index in [1.165, 1.54) is 0 Å². The Morgan fingerprint density at radius 3 is 1.33 bits per heavy atom. The molecule has 0 amide bonds. The number of aliphatic hydroxyl groups excluding tert-OH is 3. The van der Waals surface area contributed by atoms with Gasteiger partial charge in [-0.05, 0) is 0 Å². The molecule has 10 N–H and O–H groups in total. The van der Waals surface area contributed by atoms with Gasteiger partial charge in [-0.15, -0.1) is 0 Å². The van der Waals surface area contributed by atoms with Crippen molar-refractivity contribution < 1.29 is 20.4 Å². The first kappa shape index (κ1) is 15.7. The second-order valence-electron chi connectivity index (χ2n) is 0.928. The van der Waals surface area contributed by atoms with Crippen molar-refractivity contribution in [3.63, 3.8) is 0 Å². The monoisotopic (exact) mass is 140 g/mol. The summed E-state index contributed by atoms with van der Waals surface area (Å²) in [5, 5.41) is 31.6. The zero-order chi connectivity index (χ0) is 5.86. The first-order valence-electron chi connectivity index (χ1n) is 1.59. The maximum atomic E-state index is 8.06. The molecule has 58 valence electrons. The van der Waals surface area contributed by atoms with E-state index in [1.54, 1.807) is 0 Å². The van der Waals surface area contributed by atoms with Crippen molar-refractivity contribution >= 4 is 0 Å². The highest BCUT2D eigenvalue weighted by molar-refractivity contribution is 4.87. The molecule has 0 aromatic heterocycles. The van der Waals surface area contributed by atoms with Crippen LogP contribution in [0.3, 0.4) is 0 Å². The fraction of sp³-hybridized carbons (Fsp3) is 0.333. The van der Waals surface area contributed by atoms with Gasteiger partial charge in [-0.25, -0.2) is 0 Å². The van der Waals surface area contributed by atoms with Crippen LogP contribution in [0.25, 0.3) is 0 Å². The minimum atomic E-state index is -1.23. The Morgan fingerprint density at radius 2 is 1.33 bits per heavy atom. The molecule has 0 aliphatic heterocycles. The number of hydrogen-bond donors (Lipinski definition) is 6. The summed E-state index contributed by atoms with van der Waals surface area (Å²) in [6.45, 7) is -0.748. The summed E-state index contributed by atoms with van der Waals surface area (Å²) in [4.78, 5) is 0. The van der Waals surface area contributed by atoms with E-state index in [-0.39, 0.29) is 12.3 Å². The maximum Gasteiger partial charge on any atom is 0.316 e.